The molecular formula is C14H31N5. The van der Waals surface area contributed by atoms with Crippen LogP contribution in [0, 0.1) is 0 Å². The molecule has 19 heavy (non-hydrogen) atoms. The van der Waals surface area contributed by atoms with E-state index in [1.54, 1.807) is 0 Å². The minimum atomic E-state index is -0.139. The van der Waals surface area contributed by atoms with Gasteiger partial charge in [0, 0.05) is 44.8 Å². The maximum atomic E-state index is 6.28. The molecule has 0 aliphatic carbocycles. The topological polar surface area (TPSA) is 56.6 Å². The fourth-order valence-electron chi connectivity index (χ4n) is 2.90. The minimum Gasteiger partial charge on any atom is -0.323 e. The molecule has 3 heterocycles. The average Bonchev–Trinajstić information content (AvgIpc) is 2.39. The quantitative estimate of drug-likeness (QED) is 0.543. The Hall–Kier alpha value is -0.200. The Morgan fingerprint density at radius 3 is 1.63 bits per heavy atom. The first kappa shape index (κ1) is 15.2. The van der Waals surface area contributed by atoms with Crippen LogP contribution in [-0.4, -0.2) is 80.8 Å². The maximum Gasteiger partial charge on any atom is 0.0378 e. The van der Waals surface area contributed by atoms with Crippen LogP contribution in [0.25, 0.3) is 0 Å². The van der Waals surface area contributed by atoms with Gasteiger partial charge in [-0.15, -0.1) is 0 Å². The number of nitrogens with two attached hydrogens (primary N) is 1. The fraction of sp³-hybridized carbons (Fsp3) is 1.00. The van der Waals surface area contributed by atoms with Gasteiger partial charge in [-0.25, -0.2) is 0 Å². The summed E-state index contributed by atoms with van der Waals surface area (Å²) in [6.45, 7) is 13.5. The smallest absolute Gasteiger partial charge is 0.0378 e. The van der Waals surface area contributed by atoms with Crippen LogP contribution < -0.4 is 16.4 Å². The normalized spacial score (nSPS) is 39.5. The number of rotatable bonds is 0. The van der Waals surface area contributed by atoms with Crippen molar-refractivity contribution >= 4 is 0 Å². The molecule has 0 aromatic carbocycles. The van der Waals surface area contributed by atoms with Crippen LogP contribution in [0.2, 0.25) is 0 Å². The van der Waals surface area contributed by atoms with Crippen molar-refractivity contribution in [2.75, 3.05) is 65.4 Å². The van der Waals surface area contributed by atoms with Crippen LogP contribution in [-0.2, 0) is 0 Å². The standard InChI is InChI=1S/C14H31N5/c1-14(15)12-16-4-2-6-18-8-10-19(11-9-18)7-3-5-17-13-14/h16-17H,2-13,15H2,1H3. The molecule has 0 radical (unpaired) electrons. The van der Waals surface area contributed by atoms with Crippen LogP contribution in [0.15, 0.2) is 0 Å². The second-order valence-corrected chi connectivity index (χ2v) is 6.40. The number of hydrogen-bond acceptors (Lipinski definition) is 5. The summed E-state index contributed by atoms with van der Waals surface area (Å²) in [6.07, 6.45) is 2.45. The van der Waals surface area contributed by atoms with Crippen molar-refractivity contribution in [1.82, 2.24) is 20.4 Å². The fourth-order valence-corrected chi connectivity index (χ4v) is 2.90. The lowest BCUT2D eigenvalue weighted by molar-refractivity contribution is 0.130. The average molecular weight is 269 g/mol. The molecule has 4 N–H and O–H groups in total. The lowest BCUT2D eigenvalue weighted by Crippen LogP contribution is -2.53. The van der Waals surface area contributed by atoms with Gasteiger partial charge < -0.3 is 26.2 Å². The molecule has 3 aliphatic heterocycles. The van der Waals surface area contributed by atoms with Crippen LogP contribution in [0.3, 0.4) is 0 Å². The van der Waals surface area contributed by atoms with Gasteiger partial charge >= 0.3 is 0 Å². The molecule has 2 bridgehead atoms. The van der Waals surface area contributed by atoms with Gasteiger partial charge in [-0.1, -0.05) is 0 Å². The van der Waals surface area contributed by atoms with Gasteiger partial charge in [0.15, 0.2) is 0 Å². The third-order valence-corrected chi connectivity index (χ3v) is 4.18. The number of nitrogens with one attached hydrogen (secondary N) is 2. The van der Waals surface area contributed by atoms with E-state index in [-0.39, 0.29) is 5.54 Å². The van der Waals surface area contributed by atoms with Crippen molar-refractivity contribution in [2.24, 2.45) is 5.73 Å². The number of hydrogen-bond donors (Lipinski definition) is 3. The molecule has 0 unspecified atom stereocenters. The van der Waals surface area contributed by atoms with Crippen molar-refractivity contribution in [1.29, 1.82) is 0 Å². The Morgan fingerprint density at radius 2 is 1.21 bits per heavy atom. The Kier molecular flexibility index (Phi) is 6.04. The molecule has 0 aromatic rings. The molecule has 0 atom stereocenters. The summed E-state index contributed by atoms with van der Waals surface area (Å²) >= 11 is 0. The summed E-state index contributed by atoms with van der Waals surface area (Å²) in [6, 6.07) is 0. The van der Waals surface area contributed by atoms with E-state index < -0.39 is 0 Å². The van der Waals surface area contributed by atoms with Crippen molar-refractivity contribution in [3.8, 4) is 0 Å². The van der Waals surface area contributed by atoms with E-state index in [0.717, 1.165) is 26.2 Å². The number of piperazine rings is 1. The van der Waals surface area contributed by atoms with E-state index in [2.05, 4.69) is 27.4 Å². The molecule has 0 aromatic heterocycles. The largest absolute Gasteiger partial charge is 0.323 e. The zero-order chi connectivity index (χ0) is 13.6. The summed E-state index contributed by atoms with van der Waals surface area (Å²) in [5.41, 5.74) is 6.14. The Bertz CT molecular complexity index is 224. The molecule has 0 amide bonds. The van der Waals surface area contributed by atoms with Gasteiger partial charge in [0.05, 0.1) is 0 Å². The summed E-state index contributed by atoms with van der Waals surface area (Å²) in [5, 5.41) is 7.00. The van der Waals surface area contributed by atoms with Crippen molar-refractivity contribution in [2.45, 2.75) is 25.3 Å². The van der Waals surface area contributed by atoms with Gasteiger partial charge in [0.1, 0.15) is 0 Å². The lowest BCUT2D eigenvalue weighted by atomic mass is 10.0. The van der Waals surface area contributed by atoms with E-state index in [1.807, 2.05) is 0 Å². The van der Waals surface area contributed by atoms with Crippen LogP contribution in [0.4, 0.5) is 0 Å². The van der Waals surface area contributed by atoms with E-state index in [1.165, 1.54) is 52.1 Å². The molecule has 5 heteroatoms. The van der Waals surface area contributed by atoms with Crippen LogP contribution >= 0.6 is 0 Å². The van der Waals surface area contributed by atoms with Gasteiger partial charge in [0.25, 0.3) is 0 Å². The highest BCUT2D eigenvalue weighted by Gasteiger charge is 2.19. The van der Waals surface area contributed by atoms with Crippen LogP contribution in [0.5, 0.6) is 0 Å². The predicted octanol–water partition coefficient (Wildman–Crippen LogP) is -0.706. The lowest BCUT2D eigenvalue weighted by Gasteiger charge is -2.34. The van der Waals surface area contributed by atoms with Gasteiger partial charge in [-0.2, -0.15) is 0 Å². The zero-order valence-electron chi connectivity index (χ0n) is 12.5. The minimum absolute atomic E-state index is 0.139. The third kappa shape index (κ3) is 5.75. The Morgan fingerprint density at radius 1 is 0.789 bits per heavy atom. The van der Waals surface area contributed by atoms with E-state index in [4.69, 9.17) is 5.73 Å². The zero-order valence-corrected chi connectivity index (χ0v) is 12.5. The van der Waals surface area contributed by atoms with Crippen molar-refractivity contribution < 1.29 is 0 Å². The monoisotopic (exact) mass is 269 g/mol. The van der Waals surface area contributed by atoms with E-state index in [9.17, 15) is 0 Å². The molecular weight excluding hydrogens is 238 g/mol. The Balaban J connectivity index is 1.79. The molecule has 112 valence electrons. The van der Waals surface area contributed by atoms with Gasteiger partial charge in [-0.05, 0) is 45.9 Å². The first-order valence-electron chi connectivity index (χ1n) is 7.81. The first-order chi connectivity index (χ1) is 9.16. The molecule has 0 spiro atoms. The molecule has 5 nitrogen and oxygen atoms in total. The van der Waals surface area contributed by atoms with Crippen molar-refractivity contribution in [3.63, 3.8) is 0 Å². The van der Waals surface area contributed by atoms with Crippen molar-refractivity contribution in [3.05, 3.63) is 0 Å². The van der Waals surface area contributed by atoms with Crippen LogP contribution in [0.1, 0.15) is 19.8 Å². The Labute approximate surface area is 117 Å². The SMILES string of the molecule is CC1(N)CNCCCN2CCN(CCCNC1)CC2. The summed E-state index contributed by atoms with van der Waals surface area (Å²) in [5.74, 6) is 0. The third-order valence-electron chi connectivity index (χ3n) is 4.18. The van der Waals surface area contributed by atoms with Gasteiger partial charge in [0.2, 0.25) is 0 Å². The number of nitrogens with zero attached hydrogens (tertiary/aromatic N) is 2. The molecule has 3 rings (SSSR count). The predicted molar refractivity (Wildman–Crippen MR) is 80.4 cm³/mol. The molecule has 0 saturated carbocycles. The summed E-state index contributed by atoms with van der Waals surface area (Å²) < 4.78 is 0. The summed E-state index contributed by atoms with van der Waals surface area (Å²) in [7, 11) is 0. The highest BCUT2D eigenvalue weighted by molar-refractivity contribution is 4.84. The second kappa shape index (κ2) is 7.55. The molecule has 3 aliphatic rings. The second-order valence-electron chi connectivity index (χ2n) is 6.40. The maximum absolute atomic E-state index is 6.28. The highest BCUT2D eigenvalue weighted by atomic mass is 15.3. The van der Waals surface area contributed by atoms with Gasteiger partial charge in [-0.3, -0.25) is 0 Å². The molecule has 3 fully saturated rings. The van der Waals surface area contributed by atoms with E-state index >= 15 is 0 Å². The first-order valence-corrected chi connectivity index (χ1v) is 7.81. The summed E-state index contributed by atoms with van der Waals surface area (Å²) in [4.78, 5) is 5.19. The highest BCUT2D eigenvalue weighted by Crippen LogP contribution is 2.04. The van der Waals surface area contributed by atoms with E-state index in [0.29, 0.717) is 0 Å². The molecule has 3 saturated heterocycles. The number of fused-ring (bicyclic) bond motifs is 12.